The summed E-state index contributed by atoms with van der Waals surface area (Å²) in [6, 6.07) is 11.3. The molecular weight excluding hydrogens is 766 g/mol. The van der Waals surface area contributed by atoms with Gasteiger partial charge in [-0.15, -0.1) is 0 Å². The number of carbonyl (C=O) groups excluding carboxylic acids is 3. The molecule has 55 heavy (non-hydrogen) atoms. The number of nitrogen functional groups attached to an aromatic ring is 1. The normalized spacial score (nSPS) is 21.8. The number of phosphoric acid groups is 1. The number of anilines is 1. The summed E-state index contributed by atoms with van der Waals surface area (Å²) in [5.74, 6) is -3.86. The third-order valence-corrected chi connectivity index (χ3v) is 10.2. The predicted octanol–water partition coefficient (Wildman–Crippen LogP) is 3.39. The molecule has 1 fully saturated rings. The average molecular weight is 811 g/mol. The summed E-state index contributed by atoms with van der Waals surface area (Å²) in [5, 5.41) is 17.5. The van der Waals surface area contributed by atoms with Crippen LogP contribution in [0, 0.1) is 23.2 Å². The highest BCUT2D eigenvalue weighted by molar-refractivity contribution is 7.52. The summed E-state index contributed by atoms with van der Waals surface area (Å²) in [5.41, 5.74) is 2.64. The molecule has 0 radical (unpaired) electrons. The number of carbonyl (C=O) groups is 3. The lowest BCUT2D eigenvalue weighted by Crippen LogP contribution is -2.50. The number of nitrogens with one attached hydrogen (secondary N) is 1. The smallest absolute Gasteiger partial charge is 0.461 e. The number of benzene rings is 1. The van der Waals surface area contributed by atoms with Gasteiger partial charge in [-0.25, -0.2) is 18.6 Å². The number of rotatable bonds is 17. The minimum Gasteiger partial charge on any atom is -0.461 e. The van der Waals surface area contributed by atoms with Crippen molar-refractivity contribution in [2.24, 2.45) is 11.8 Å². The number of nitrogens with two attached hydrogens (primary N) is 1. The third-order valence-electron chi connectivity index (χ3n) is 7.87. The van der Waals surface area contributed by atoms with E-state index in [1.165, 1.54) is 43.7 Å². The van der Waals surface area contributed by atoms with Crippen molar-refractivity contribution in [2.45, 2.75) is 84.0 Å². The molecule has 1 aliphatic heterocycles. The van der Waals surface area contributed by atoms with Crippen LogP contribution in [-0.2, 0) is 51.5 Å². The standard InChI is InChI=1S/C33H44N6O14P2/c1-19(2)29(40)49-26-25(23-13-14-24-28(35)36-18-37-39(23)24)51-33(15-34,27(26)50-30(41)20(3)4)17-48-54(43,52-22-11-9-8-10-12-22)38-21(5)31(42)47-16-32(6,7)53-55(44,45)46/h8-14,18-21,25-27H,16-17H2,1-7H3,(H,38,43)(H2,35,36,37)(H2,44,45,46)/t21-,25-,26-,27-,33+,54?/m0/s1. The van der Waals surface area contributed by atoms with Crippen molar-refractivity contribution < 1.29 is 65.8 Å². The first-order chi connectivity index (χ1) is 25.6. The van der Waals surface area contributed by atoms with E-state index in [1.54, 1.807) is 58.0 Å². The first-order valence-electron chi connectivity index (χ1n) is 16.9. The SMILES string of the molecule is CC(C)C(=O)O[C@H]1[C@H](c2ccc3c(N)ncnn23)O[C@](C#N)(COP(=O)(N[C@@H](C)C(=O)OCC(C)(C)OP(=O)(O)O)Oc2ccccc2)[C@H]1OC(=O)C(C)C. The maximum atomic E-state index is 14.5. The molecule has 3 heterocycles. The van der Waals surface area contributed by atoms with Gasteiger partial charge in [-0.2, -0.15) is 15.4 Å². The topological polar surface area (TPSA) is 282 Å². The van der Waals surface area contributed by atoms with E-state index in [9.17, 15) is 38.6 Å². The lowest BCUT2D eigenvalue weighted by molar-refractivity contribution is -0.173. The van der Waals surface area contributed by atoms with Crippen LogP contribution >= 0.6 is 15.6 Å². The van der Waals surface area contributed by atoms with Crippen molar-refractivity contribution in [3.63, 3.8) is 0 Å². The maximum absolute atomic E-state index is 14.5. The summed E-state index contributed by atoms with van der Waals surface area (Å²) in [6.45, 7) is 8.43. The molecule has 0 spiro atoms. The number of ether oxygens (including phenoxy) is 4. The fourth-order valence-corrected chi connectivity index (χ4v) is 7.37. The van der Waals surface area contributed by atoms with Gasteiger partial charge < -0.3 is 39.0 Å². The average Bonchev–Trinajstić information content (AvgIpc) is 3.65. The molecule has 1 aliphatic rings. The number of esters is 3. The molecule has 4 rings (SSSR count). The number of hydrogen-bond donors (Lipinski definition) is 4. The van der Waals surface area contributed by atoms with Crippen LogP contribution in [0.15, 0.2) is 48.8 Å². The number of hydrogen-bond acceptors (Lipinski definition) is 16. The van der Waals surface area contributed by atoms with Crippen molar-refractivity contribution in [2.75, 3.05) is 18.9 Å². The second-order valence-corrected chi connectivity index (χ2v) is 16.6. The molecule has 20 nitrogen and oxygen atoms in total. The first kappa shape index (κ1) is 43.3. The fraction of sp³-hybridized carbons (Fsp3) is 0.515. The van der Waals surface area contributed by atoms with Crippen LogP contribution in [-0.4, -0.2) is 85.0 Å². The molecule has 22 heteroatoms. The van der Waals surface area contributed by atoms with E-state index in [0.29, 0.717) is 5.52 Å². The van der Waals surface area contributed by atoms with Crippen LogP contribution in [0.4, 0.5) is 5.82 Å². The van der Waals surface area contributed by atoms with E-state index in [1.807, 2.05) is 6.07 Å². The second-order valence-electron chi connectivity index (χ2n) is 13.8. The van der Waals surface area contributed by atoms with Crippen LogP contribution in [0.5, 0.6) is 5.75 Å². The van der Waals surface area contributed by atoms with Gasteiger partial charge in [-0.1, -0.05) is 45.9 Å². The Morgan fingerprint density at radius 3 is 2.27 bits per heavy atom. The minimum atomic E-state index is -4.95. The van der Waals surface area contributed by atoms with Crippen molar-refractivity contribution in [3.05, 3.63) is 54.5 Å². The number of fused-ring (bicyclic) bond motifs is 1. The van der Waals surface area contributed by atoms with Gasteiger partial charge in [0.05, 0.1) is 17.5 Å². The second kappa shape index (κ2) is 17.1. The Labute approximate surface area is 316 Å². The fourth-order valence-electron chi connectivity index (χ4n) is 5.16. The van der Waals surface area contributed by atoms with E-state index in [2.05, 4.69) is 19.7 Å². The van der Waals surface area contributed by atoms with E-state index in [4.69, 9.17) is 33.7 Å². The van der Waals surface area contributed by atoms with E-state index in [0.717, 1.165) is 0 Å². The molecule has 3 aromatic rings. The number of nitrogens with zero attached hydrogens (tertiary/aromatic N) is 4. The Morgan fingerprint density at radius 1 is 1.04 bits per heavy atom. The zero-order chi connectivity index (χ0) is 40.9. The van der Waals surface area contributed by atoms with Gasteiger partial charge in [-0.05, 0) is 45.0 Å². The predicted molar refractivity (Wildman–Crippen MR) is 190 cm³/mol. The molecule has 1 saturated heterocycles. The minimum absolute atomic E-state index is 0.00903. The maximum Gasteiger partial charge on any atom is 0.470 e. The Balaban J connectivity index is 1.73. The molecule has 1 unspecified atom stereocenters. The number of phosphoric ester groups is 1. The molecule has 2 aromatic heterocycles. The summed E-state index contributed by atoms with van der Waals surface area (Å²) in [4.78, 5) is 61.7. The Hall–Kier alpha value is -4.44. The molecule has 5 N–H and O–H groups in total. The van der Waals surface area contributed by atoms with Crippen LogP contribution in [0.25, 0.3) is 5.52 Å². The molecule has 0 saturated carbocycles. The van der Waals surface area contributed by atoms with Gasteiger partial charge in [-0.3, -0.25) is 23.4 Å². The largest absolute Gasteiger partial charge is 0.470 e. The van der Waals surface area contributed by atoms with E-state index < -0.39 is 94.1 Å². The van der Waals surface area contributed by atoms with Gasteiger partial charge in [0.2, 0.25) is 5.60 Å². The van der Waals surface area contributed by atoms with Gasteiger partial charge in [0.15, 0.2) is 18.0 Å². The zero-order valence-electron chi connectivity index (χ0n) is 31.1. The number of para-hydroxylation sites is 1. The monoisotopic (exact) mass is 810 g/mol. The highest BCUT2D eigenvalue weighted by Gasteiger charge is 2.62. The number of nitriles is 1. The molecule has 6 atom stereocenters. The van der Waals surface area contributed by atoms with E-state index >= 15 is 0 Å². The summed E-state index contributed by atoms with van der Waals surface area (Å²) in [7, 11) is -9.70. The van der Waals surface area contributed by atoms with Gasteiger partial charge in [0.25, 0.3) is 0 Å². The van der Waals surface area contributed by atoms with Crippen molar-refractivity contribution >= 4 is 44.8 Å². The number of aromatic nitrogens is 3. The highest BCUT2D eigenvalue weighted by atomic mass is 31.2. The summed E-state index contributed by atoms with van der Waals surface area (Å²) >= 11 is 0. The van der Waals surface area contributed by atoms with Gasteiger partial charge >= 0.3 is 33.5 Å². The van der Waals surface area contributed by atoms with Crippen LogP contribution < -0.4 is 15.3 Å². The molecule has 1 aromatic carbocycles. The first-order valence-corrected chi connectivity index (χ1v) is 19.9. The Kier molecular flexibility index (Phi) is 13.5. The van der Waals surface area contributed by atoms with Crippen molar-refractivity contribution in [1.82, 2.24) is 19.7 Å². The van der Waals surface area contributed by atoms with Crippen LogP contribution in [0.1, 0.15) is 60.3 Å². The Bertz CT molecular complexity index is 2000. The van der Waals surface area contributed by atoms with Crippen LogP contribution in [0.3, 0.4) is 0 Å². The summed E-state index contributed by atoms with van der Waals surface area (Å²) < 4.78 is 66.7. The molecule has 300 valence electrons. The third kappa shape index (κ3) is 10.9. The van der Waals surface area contributed by atoms with Gasteiger partial charge in [0.1, 0.15) is 54.6 Å². The van der Waals surface area contributed by atoms with Crippen molar-refractivity contribution in [3.8, 4) is 11.8 Å². The molecular formula is C33H44N6O14P2. The lowest BCUT2D eigenvalue weighted by Gasteiger charge is -2.31. The highest BCUT2D eigenvalue weighted by Crippen LogP contribution is 2.50. The quantitative estimate of drug-likeness (QED) is 0.0863. The summed E-state index contributed by atoms with van der Waals surface area (Å²) in [6.07, 6.45) is -3.38. The van der Waals surface area contributed by atoms with Crippen molar-refractivity contribution in [1.29, 1.82) is 5.26 Å². The van der Waals surface area contributed by atoms with Gasteiger partial charge in [0, 0.05) is 0 Å². The lowest BCUT2D eigenvalue weighted by atomic mass is 9.95. The molecule has 0 amide bonds. The van der Waals surface area contributed by atoms with E-state index in [-0.39, 0.29) is 17.3 Å². The van der Waals surface area contributed by atoms with Crippen LogP contribution in [0.2, 0.25) is 0 Å². The Morgan fingerprint density at radius 2 is 1.67 bits per heavy atom. The molecule has 0 aliphatic carbocycles. The zero-order valence-corrected chi connectivity index (χ0v) is 32.8. The molecule has 0 bridgehead atoms.